The Labute approximate surface area is 175 Å². The number of guanidine groups is 1. The first-order valence-corrected chi connectivity index (χ1v) is 10.4. The minimum Gasteiger partial charge on any atom is -0.453 e. The maximum Gasteiger partial charge on any atom is 0.266 e. The van der Waals surface area contributed by atoms with Gasteiger partial charge >= 0.3 is 0 Å². The molecule has 0 fully saturated rings. The van der Waals surface area contributed by atoms with Crippen LogP contribution in [0.4, 0.5) is 14.5 Å². The highest BCUT2D eigenvalue weighted by Crippen LogP contribution is 2.39. The van der Waals surface area contributed by atoms with Gasteiger partial charge < -0.3 is 10.1 Å². The van der Waals surface area contributed by atoms with Crippen molar-refractivity contribution in [1.82, 2.24) is 9.71 Å². The van der Waals surface area contributed by atoms with Crippen molar-refractivity contribution < 1.29 is 21.9 Å². The molecule has 2 N–H and O–H groups in total. The molecule has 1 aromatic heterocycles. The number of sulfonamides is 1. The summed E-state index contributed by atoms with van der Waals surface area (Å²) in [6.07, 6.45) is 1.39. The second kappa shape index (κ2) is 7.88. The summed E-state index contributed by atoms with van der Waals surface area (Å²) in [4.78, 5) is 7.53. The molecule has 30 heavy (non-hydrogen) atoms. The molecule has 0 spiro atoms. The highest BCUT2D eigenvalue weighted by Gasteiger charge is 2.31. The average Bonchev–Trinajstić information content (AvgIpc) is 2.69. The third-order valence-corrected chi connectivity index (χ3v) is 5.75. The highest BCUT2D eigenvalue weighted by atomic mass is 35.5. The number of benzene rings is 2. The molecule has 0 saturated heterocycles. The lowest BCUT2D eigenvalue weighted by Crippen LogP contribution is -2.41. The van der Waals surface area contributed by atoms with E-state index in [2.05, 4.69) is 20.0 Å². The number of nitrogens with one attached hydrogen (secondary N) is 2. The number of hydrogen-bond acceptors (Lipinski definition) is 5. The molecule has 154 valence electrons. The molecule has 1 aliphatic heterocycles. The van der Waals surface area contributed by atoms with Gasteiger partial charge in [0.2, 0.25) is 5.96 Å². The Balaban J connectivity index is 1.73. The van der Waals surface area contributed by atoms with Crippen LogP contribution in [0.25, 0.3) is 0 Å². The lowest BCUT2D eigenvalue weighted by atomic mass is 10.2. The zero-order chi connectivity index (χ0) is 21.3. The molecule has 0 aliphatic carbocycles. The molecule has 0 atom stereocenters. The lowest BCUT2D eigenvalue weighted by molar-refractivity contribution is 0.476. The van der Waals surface area contributed by atoms with E-state index in [1.54, 1.807) is 24.3 Å². The normalized spacial score (nSPS) is 15.8. The average molecular weight is 451 g/mol. The Bertz CT molecular complexity index is 1270. The summed E-state index contributed by atoms with van der Waals surface area (Å²) in [6.45, 7) is -0.227. The summed E-state index contributed by atoms with van der Waals surface area (Å²) in [5.41, 5.74) is -0.00115. The second-order valence-electron chi connectivity index (χ2n) is 6.14. The van der Waals surface area contributed by atoms with Crippen molar-refractivity contribution in [2.75, 3.05) is 5.32 Å². The van der Waals surface area contributed by atoms with Crippen LogP contribution in [0.1, 0.15) is 5.69 Å². The summed E-state index contributed by atoms with van der Waals surface area (Å²) < 4.78 is 60.9. The van der Waals surface area contributed by atoms with Gasteiger partial charge in [-0.05, 0) is 30.3 Å². The number of nitrogens with zero attached hydrogens (tertiary/aromatic N) is 2. The van der Waals surface area contributed by atoms with Gasteiger partial charge in [-0.25, -0.2) is 26.9 Å². The molecule has 0 unspecified atom stereocenters. The zero-order valence-electron chi connectivity index (χ0n) is 15.1. The molecule has 0 saturated carbocycles. The van der Waals surface area contributed by atoms with Gasteiger partial charge in [0.25, 0.3) is 10.0 Å². The van der Waals surface area contributed by atoms with E-state index in [9.17, 15) is 17.2 Å². The van der Waals surface area contributed by atoms with Gasteiger partial charge in [0.15, 0.2) is 5.75 Å². The van der Waals surface area contributed by atoms with E-state index in [1.165, 1.54) is 18.3 Å². The maximum atomic E-state index is 14.1. The monoisotopic (exact) mass is 450 g/mol. The number of aromatic nitrogens is 1. The van der Waals surface area contributed by atoms with Crippen molar-refractivity contribution in [3.8, 4) is 11.5 Å². The van der Waals surface area contributed by atoms with Crippen molar-refractivity contribution in [2.45, 2.75) is 11.4 Å². The Morgan fingerprint density at radius 3 is 2.67 bits per heavy atom. The first-order chi connectivity index (χ1) is 14.3. The Kier molecular flexibility index (Phi) is 5.27. The molecule has 0 amide bonds. The van der Waals surface area contributed by atoms with Gasteiger partial charge in [-0.1, -0.05) is 23.7 Å². The number of anilines is 1. The van der Waals surface area contributed by atoms with Crippen molar-refractivity contribution in [3.05, 3.63) is 77.1 Å². The van der Waals surface area contributed by atoms with Crippen LogP contribution < -0.4 is 14.8 Å². The molecule has 0 bridgehead atoms. The fraction of sp³-hybridized carbons (Fsp3) is 0.0526. The molecule has 11 heteroatoms. The van der Waals surface area contributed by atoms with Crippen molar-refractivity contribution in [1.29, 1.82) is 0 Å². The first kappa shape index (κ1) is 20.0. The zero-order valence-corrected chi connectivity index (χ0v) is 16.6. The van der Waals surface area contributed by atoms with Crippen molar-refractivity contribution >= 4 is 33.3 Å². The molecule has 7 nitrogen and oxygen atoms in total. The third kappa shape index (κ3) is 4.05. The molecule has 2 aromatic carbocycles. The second-order valence-corrected chi connectivity index (χ2v) is 8.19. The van der Waals surface area contributed by atoms with Gasteiger partial charge in [-0.3, -0.25) is 4.98 Å². The SMILES string of the molecule is O=S1(=O)NC(=NCc2ncccc2F)Nc2c(Oc3ccccc3Cl)cc(F)cc21. The summed E-state index contributed by atoms with van der Waals surface area (Å²) >= 11 is 6.08. The fourth-order valence-corrected chi connectivity index (χ4v) is 4.05. The van der Waals surface area contributed by atoms with Crippen LogP contribution >= 0.6 is 11.6 Å². The minimum atomic E-state index is -4.16. The van der Waals surface area contributed by atoms with Crippen molar-refractivity contribution in [2.24, 2.45) is 4.99 Å². The minimum absolute atomic E-state index is 0.0310. The number of hydrogen-bond donors (Lipinski definition) is 2. The van der Waals surface area contributed by atoms with E-state index in [4.69, 9.17) is 16.3 Å². The van der Waals surface area contributed by atoms with E-state index in [0.717, 1.165) is 12.1 Å². The predicted molar refractivity (Wildman–Crippen MR) is 107 cm³/mol. The number of ether oxygens (including phenoxy) is 1. The van der Waals surface area contributed by atoms with E-state index in [1.807, 2.05) is 0 Å². The maximum absolute atomic E-state index is 14.1. The topological polar surface area (TPSA) is 92.7 Å². The highest BCUT2D eigenvalue weighted by molar-refractivity contribution is 7.90. The summed E-state index contributed by atoms with van der Waals surface area (Å²) in [5, 5.41) is 3.01. The predicted octanol–water partition coefficient (Wildman–Crippen LogP) is 4.07. The number of pyridine rings is 1. The van der Waals surface area contributed by atoms with Crippen molar-refractivity contribution in [3.63, 3.8) is 0 Å². The first-order valence-electron chi connectivity index (χ1n) is 8.53. The molecule has 4 rings (SSSR count). The van der Waals surface area contributed by atoms with Crippen LogP contribution in [0.5, 0.6) is 11.5 Å². The van der Waals surface area contributed by atoms with E-state index in [-0.39, 0.29) is 45.3 Å². The standard InChI is InChI=1S/C19H13ClF2N4O3S/c20-12-4-1-2-6-15(12)29-16-8-11(21)9-17-18(16)25-19(26-30(17,27)28)24-10-14-13(22)5-3-7-23-14/h1-9H,10H2,(H2,24,25,26). The Hall–Kier alpha value is -3.24. The van der Waals surface area contributed by atoms with Crippen LogP contribution in [0, 0.1) is 11.6 Å². The molecule has 2 heterocycles. The van der Waals surface area contributed by atoms with E-state index < -0.39 is 21.7 Å². The number of fused-ring (bicyclic) bond motifs is 1. The van der Waals surface area contributed by atoms with Gasteiger partial charge in [-0.2, -0.15) is 0 Å². The van der Waals surface area contributed by atoms with Crippen LogP contribution in [0.3, 0.4) is 0 Å². The Morgan fingerprint density at radius 2 is 1.90 bits per heavy atom. The summed E-state index contributed by atoms with van der Waals surface area (Å²) in [5.74, 6) is -1.49. The Morgan fingerprint density at radius 1 is 1.10 bits per heavy atom. The van der Waals surface area contributed by atoms with Crippen LogP contribution in [-0.4, -0.2) is 19.4 Å². The smallest absolute Gasteiger partial charge is 0.266 e. The molecule has 1 aliphatic rings. The van der Waals surface area contributed by atoms with Gasteiger partial charge in [-0.15, -0.1) is 0 Å². The van der Waals surface area contributed by atoms with Crippen LogP contribution in [0.2, 0.25) is 5.02 Å². The lowest BCUT2D eigenvalue weighted by Gasteiger charge is -2.24. The van der Waals surface area contributed by atoms with Gasteiger partial charge in [0.1, 0.15) is 28.0 Å². The largest absolute Gasteiger partial charge is 0.453 e. The van der Waals surface area contributed by atoms with Crippen LogP contribution in [0.15, 0.2) is 64.6 Å². The number of para-hydroxylation sites is 1. The number of aliphatic imine (C=N–C) groups is 1. The quantitative estimate of drug-likeness (QED) is 0.625. The molecular formula is C19H13ClF2N4O3S. The third-order valence-electron chi connectivity index (χ3n) is 4.07. The van der Waals surface area contributed by atoms with E-state index >= 15 is 0 Å². The summed E-state index contributed by atoms with van der Waals surface area (Å²) in [7, 11) is -4.16. The van der Waals surface area contributed by atoms with Crippen LogP contribution in [-0.2, 0) is 16.6 Å². The number of rotatable bonds is 4. The molecular weight excluding hydrogens is 438 g/mol. The van der Waals surface area contributed by atoms with Gasteiger partial charge in [0, 0.05) is 12.3 Å². The van der Waals surface area contributed by atoms with E-state index in [0.29, 0.717) is 0 Å². The van der Waals surface area contributed by atoms with Gasteiger partial charge in [0.05, 0.1) is 17.3 Å². The molecule has 3 aromatic rings. The summed E-state index contributed by atoms with van der Waals surface area (Å²) in [6, 6.07) is 11.0. The number of halogens is 3. The fourth-order valence-electron chi connectivity index (χ4n) is 2.71. The molecule has 0 radical (unpaired) electrons.